The number of thioether (sulfide) groups is 1. The van der Waals surface area contributed by atoms with E-state index in [9.17, 15) is 4.79 Å². The van der Waals surface area contributed by atoms with Crippen molar-refractivity contribution in [3.63, 3.8) is 0 Å². The van der Waals surface area contributed by atoms with Gasteiger partial charge in [-0.1, -0.05) is 11.8 Å². The molecule has 0 unspecified atom stereocenters. The molecule has 27 heavy (non-hydrogen) atoms. The van der Waals surface area contributed by atoms with Gasteiger partial charge in [-0.25, -0.2) is 0 Å². The van der Waals surface area contributed by atoms with E-state index >= 15 is 0 Å². The van der Waals surface area contributed by atoms with Gasteiger partial charge in [0.1, 0.15) is 0 Å². The Morgan fingerprint density at radius 2 is 1.78 bits per heavy atom. The van der Waals surface area contributed by atoms with Crippen LogP contribution in [-0.2, 0) is 6.54 Å². The van der Waals surface area contributed by atoms with E-state index in [4.69, 9.17) is 14.2 Å². The van der Waals surface area contributed by atoms with Gasteiger partial charge in [0, 0.05) is 17.9 Å². The number of aromatic nitrogens is 3. The van der Waals surface area contributed by atoms with E-state index in [1.54, 1.807) is 23.9 Å². The van der Waals surface area contributed by atoms with E-state index in [1.165, 1.54) is 0 Å². The van der Waals surface area contributed by atoms with Crippen molar-refractivity contribution in [1.29, 1.82) is 0 Å². The molecule has 0 saturated heterocycles. The topological polar surface area (TPSA) is 87.5 Å². The van der Waals surface area contributed by atoms with Gasteiger partial charge >= 0.3 is 0 Å². The third-order valence-electron chi connectivity index (χ3n) is 3.87. The van der Waals surface area contributed by atoms with Crippen LogP contribution in [0.5, 0.6) is 17.2 Å². The number of carbonyl (C=O) groups excluding carboxylic acids is 1. The SMILES string of the molecule is CCOc1cc(C(=O)Nc2nnc3n2CCCS3)cc(OCC)c1OCC. The summed E-state index contributed by atoms with van der Waals surface area (Å²) >= 11 is 1.64. The molecule has 3 rings (SSSR count). The molecule has 9 heteroatoms. The number of hydrogen-bond donors (Lipinski definition) is 1. The highest BCUT2D eigenvalue weighted by molar-refractivity contribution is 7.99. The number of benzene rings is 1. The number of anilines is 1. The van der Waals surface area contributed by atoms with E-state index < -0.39 is 0 Å². The number of nitrogens with zero attached hydrogens (tertiary/aromatic N) is 3. The number of amides is 1. The van der Waals surface area contributed by atoms with Crippen molar-refractivity contribution in [1.82, 2.24) is 14.8 Å². The minimum atomic E-state index is -0.300. The Morgan fingerprint density at radius 3 is 2.41 bits per heavy atom. The summed E-state index contributed by atoms with van der Waals surface area (Å²) in [5.41, 5.74) is 0.408. The van der Waals surface area contributed by atoms with E-state index in [1.807, 2.05) is 25.3 Å². The van der Waals surface area contributed by atoms with Crippen molar-refractivity contribution in [3.05, 3.63) is 17.7 Å². The third-order valence-corrected chi connectivity index (χ3v) is 4.92. The fourth-order valence-electron chi connectivity index (χ4n) is 2.77. The summed E-state index contributed by atoms with van der Waals surface area (Å²) in [4.78, 5) is 12.8. The third kappa shape index (κ3) is 4.29. The zero-order chi connectivity index (χ0) is 19.2. The Morgan fingerprint density at radius 1 is 1.11 bits per heavy atom. The Labute approximate surface area is 162 Å². The van der Waals surface area contributed by atoms with Gasteiger partial charge in [-0.05, 0) is 39.3 Å². The molecule has 0 bridgehead atoms. The molecule has 146 valence electrons. The summed E-state index contributed by atoms with van der Waals surface area (Å²) in [6.45, 7) is 7.81. The van der Waals surface area contributed by atoms with Gasteiger partial charge in [-0.3, -0.25) is 14.7 Å². The number of ether oxygens (including phenoxy) is 3. The lowest BCUT2D eigenvalue weighted by molar-refractivity contribution is 0.102. The maximum absolute atomic E-state index is 12.8. The number of rotatable bonds is 8. The van der Waals surface area contributed by atoms with Gasteiger partial charge < -0.3 is 14.2 Å². The maximum atomic E-state index is 12.8. The average Bonchev–Trinajstić information content (AvgIpc) is 3.07. The van der Waals surface area contributed by atoms with Gasteiger partial charge in [0.2, 0.25) is 11.7 Å². The lowest BCUT2D eigenvalue weighted by atomic mass is 10.1. The highest BCUT2D eigenvalue weighted by atomic mass is 32.2. The first-order valence-electron chi connectivity index (χ1n) is 9.11. The van der Waals surface area contributed by atoms with E-state index in [0.717, 1.165) is 23.9 Å². The number of hydrogen-bond acceptors (Lipinski definition) is 7. The maximum Gasteiger partial charge on any atom is 0.258 e. The molecular weight excluding hydrogens is 368 g/mol. The molecule has 0 aliphatic carbocycles. The number of fused-ring (bicyclic) bond motifs is 1. The van der Waals surface area contributed by atoms with Crippen molar-refractivity contribution < 1.29 is 19.0 Å². The van der Waals surface area contributed by atoms with Crippen LogP contribution >= 0.6 is 11.8 Å². The average molecular weight is 392 g/mol. The molecule has 1 aliphatic heterocycles. The van der Waals surface area contributed by atoms with Crippen molar-refractivity contribution >= 4 is 23.6 Å². The van der Waals surface area contributed by atoms with Crippen molar-refractivity contribution in [2.45, 2.75) is 38.9 Å². The quantitative estimate of drug-likeness (QED) is 0.738. The molecule has 1 aromatic heterocycles. The molecule has 0 spiro atoms. The van der Waals surface area contributed by atoms with Crippen molar-refractivity contribution in [2.75, 3.05) is 30.9 Å². The first-order chi connectivity index (χ1) is 13.2. The molecule has 0 saturated carbocycles. The Kier molecular flexibility index (Phi) is 6.44. The summed E-state index contributed by atoms with van der Waals surface area (Å²) < 4.78 is 18.9. The van der Waals surface area contributed by atoms with Crippen molar-refractivity contribution in [3.8, 4) is 17.2 Å². The largest absolute Gasteiger partial charge is 0.490 e. The molecule has 1 aliphatic rings. The normalized spacial score (nSPS) is 13.0. The van der Waals surface area contributed by atoms with Crippen LogP contribution in [0.15, 0.2) is 17.3 Å². The Bertz CT molecular complexity index is 782. The Balaban J connectivity index is 1.90. The molecule has 1 N–H and O–H groups in total. The highest BCUT2D eigenvalue weighted by Gasteiger charge is 2.21. The zero-order valence-corrected chi connectivity index (χ0v) is 16.6. The minimum absolute atomic E-state index is 0.300. The van der Waals surface area contributed by atoms with Crippen LogP contribution in [0, 0.1) is 0 Å². The minimum Gasteiger partial charge on any atom is -0.490 e. The van der Waals surface area contributed by atoms with Crippen LogP contribution in [0.25, 0.3) is 0 Å². The first-order valence-corrected chi connectivity index (χ1v) is 10.1. The van der Waals surface area contributed by atoms with Crippen LogP contribution in [0.4, 0.5) is 5.95 Å². The second kappa shape index (κ2) is 8.98. The van der Waals surface area contributed by atoms with Crippen LogP contribution in [0.3, 0.4) is 0 Å². The first kappa shape index (κ1) is 19.3. The number of nitrogens with one attached hydrogen (secondary N) is 1. The number of carbonyl (C=O) groups is 1. The summed E-state index contributed by atoms with van der Waals surface area (Å²) in [7, 11) is 0. The predicted octanol–water partition coefficient (Wildman–Crippen LogP) is 3.22. The van der Waals surface area contributed by atoms with Crippen molar-refractivity contribution in [2.24, 2.45) is 0 Å². The van der Waals surface area contributed by atoms with Gasteiger partial charge in [-0.15, -0.1) is 10.2 Å². The smallest absolute Gasteiger partial charge is 0.258 e. The van der Waals surface area contributed by atoms with Crippen LogP contribution in [-0.4, -0.2) is 46.2 Å². The molecule has 0 fully saturated rings. The summed E-state index contributed by atoms with van der Waals surface area (Å²) in [6.07, 6.45) is 1.02. The molecule has 1 amide bonds. The van der Waals surface area contributed by atoms with Gasteiger partial charge in [0.25, 0.3) is 5.91 Å². The molecule has 8 nitrogen and oxygen atoms in total. The zero-order valence-electron chi connectivity index (χ0n) is 15.8. The molecular formula is C18H24N4O4S. The van der Waals surface area contributed by atoms with Crippen LogP contribution < -0.4 is 19.5 Å². The van der Waals surface area contributed by atoms with E-state index in [-0.39, 0.29) is 5.91 Å². The molecule has 1 aromatic carbocycles. The fraction of sp³-hybridized carbons (Fsp3) is 0.500. The predicted molar refractivity (Wildman–Crippen MR) is 103 cm³/mol. The van der Waals surface area contributed by atoms with E-state index in [0.29, 0.717) is 48.6 Å². The van der Waals surface area contributed by atoms with Gasteiger partial charge in [0.05, 0.1) is 19.8 Å². The van der Waals surface area contributed by atoms with Gasteiger partial charge in [0.15, 0.2) is 16.7 Å². The molecule has 2 aromatic rings. The molecule has 2 heterocycles. The summed E-state index contributed by atoms with van der Waals surface area (Å²) in [5, 5.41) is 11.9. The fourth-order valence-corrected chi connectivity index (χ4v) is 3.66. The van der Waals surface area contributed by atoms with Gasteiger partial charge in [-0.2, -0.15) is 0 Å². The Hall–Kier alpha value is -2.42. The second-order valence-electron chi connectivity index (χ2n) is 5.71. The summed E-state index contributed by atoms with van der Waals surface area (Å²) in [5.74, 6) is 2.63. The lowest BCUT2D eigenvalue weighted by Gasteiger charge is -2.17. The molecule has 0 atom stereocenters. The monoisotopic (exact) mass is 392 g/mol. The summed E-state index contributed by atoms with van der Waals surface area (Å²) in [6, 6.07) is 3.32. The molecule has 0 radical (unpaired) electrons. The standard InChI is InChI=1S/C18H24N4O4S/c1-4-24-13-10-12(11-14(25-5-2)15(13)26-6-3)16(23)19-17-20-21-18-22(17)8-7-9-27-18/h10-11H,4-9H2,1-3H3,(H,19,20,23). The highest BCUT2D eigenvalue weighted by Crippen LogP contribution is 2.39. The van der Waals surface area contributed by atoms with Crippen LogP contribution in [0.1, 0.15) is 37.6 Å². The van der Waals surface area contributed by atoms with E-state index in [2.05, 4.69) is 15.5 Å². The second-order valence-corrected chi connectivity index (χ2v) is 6.78. The van der Waals surface area contributed by atoms with Crippen LogP contribution in [0.2, 0.25) is 0 Å². The lowest BCUT2D eigenvalue weighted by Crippen LogP contribution is -2.18.